The lowest BCUT2D eigenvalue weighted by atomic mass is 9.91. The number of nitrogens with one attached hydrogen (secondary N) is 2. The van der Waals surface area contributed by atoms with Crippen LogP contribution >= 0.6 is 15.9 Å². The SMILES string of the molecule is COc1ccc([C@@H](C)N[C@@H]2CCCc3c2[nH]c2ccc(Br)cc32)cc1. The molecule has 4 heteroatoms. The summed E-state index contributed by atoms with van der Waals surface area (Å²) in [6.07, 6.45) is 3.54. The van der Waals surface area contributed by atoms with Gasteiger partial charge in [-0.2, -0.15) is 0 Å². The molecule has 25 heavy (non-hydrogen) atoms. The topological polar surface area (TPSA) is 37.0 Å². The van der Waals surface area contributed by atoms with Gasteiger partial charge in [-0.25, -0.2) is 0 Å². The summed E-state index contributed by atoms with van der Waals surface area (Å²) in [5, 5.41) is 5.18. The molecule has 1 aliphatic rings. The Balaban J connectivity index is 1.61. The van der Waals surface area contributed by atoms with Crippen molar-refractivity contribution in [3.63, 3.8) is 0 Å². The Morgan fingerprint density at radius 3 is 2.76 bits per heavy atom. The lowest BCUT2D eigenvalue weighted by molar-refractivity contribution is 0.406. The highest BCUT2D eigenvalue weighted by atomic mass is 79.9. The second-order valence-electron chi connectivity index (χ2n) is 6.81. The second kappa shape index (κ2) is 6.85. The zero-order valence-corrected chi connectivity index (χ0v) is 16.2. The largest absolute Gasteiger partial charge is 0.497 e. The number of fused-ring (bicyclic) bond motifs is 3. The van der Waals surface area contributed by atoms with Crippen LogP contribution in [0.5, 0.6) is 5.75 Å². The van der Waals surface area contributed by atoms with Crippen molar-refractivity contribution >= 4 is 26.8 Å². The molecular weight excluding hydrogens is 376 g/mol. The van der Waals surface area contributed by atoms with E-state index in [-0.39, 0.29) is 0 Å². The van der Waals surface area contributed by atoms with Crippen molar-refractivity contribution in [1.82, 2.24) is 10.3 Å². The van der Waals surface area contributed by atoms with E-state index in [1.165, 1.54) is 40.6 Å². The molecule has 130 valence electrons. The van der Waals surface area contributed by atoms with Crippen LogP contribution in [0.25, 0.3) is 10.9 Å². The van der Waals surface area contributed by atoms with Crippen LogP contribution < -0.4 is 10.1 Å². The molecule has 3 aromatic rings. The van der Waals surface area contributed by atoms with E-state index < -0.39 is 0 Å². The molecule has 0 saturated heterocycles. The average Bonchev–Trinajstić information content (AvgIpc) is 3.01. The Bertz CT molecular complexity index is 885. The summed E-state index contributed by atoms with van der Waals surface area (Å²) in [7, 11) is 1.70. The van der Waals surface area contributed by atoms with E-state index in [1.807, 2.05) is 12.1 Å². The highest BCUT2D eigenvalue weighted by molar-refractivity contribution is 9.10. The fourth-order valence-corrected chi connectivity index (χ4v) is 4.25. The normalized spacial score (nSPS) is 18.1. The molecule has 1 aliphatic carbocycles. The van der Waals surface area contributed by atoms with Crippen molar-refractivity contribution in [2.75, 3.05) is 7.11 Å². The molecule has 1 heterocycles. The van der Waals surface area contributed by atoms with Gasteiger partial charge in [0.25, 0.3) is 0 Å². The standard InChI is InChI=1S/C21H23BrN2O/c1-13(14-6-9-16(25-2)10-7-14)23-20-5-3-4-17-18-12-15(22)8-11-19(18)24-21(17)20/h6-13,20,23-24H,3-5H2,1-2H3/t13-,20-/m1/s1. The summed E-state index contributed by atoms with van der Waals surface area (Å²) in [4.78, 5) is 3.67. The maximum absolute atomic E-state index is 5.26. The lowest BCUT2D eigenvalue weighted by Gasteiger charge is -2.27. The van der Waals surface area contributed by atoms with Crippen LogP contribution in [0.1, 0.15) is 48.7 Å². The first-order valence-electron chi connectivity index (χ1n) is 8.85. The van der Waals surface area contributed by atoms with Gasteiger partial charge in [0.1, 0.15) is 5.75 Å². The van der Waals surface area contributed by atoms with Gasteiger partial charge in [0.2, 0.25) is 0 Å². The molecule has 0 amide bonds. The van der Waals surface area contributed by atoms with Crippen LogP contribution in [0.3, 0.4) is 0 Å². The fourth-order valence-electron chi connectivity index (χ4n) is 3.89. The lowest BCUT2D eigenvalue weighted by Crippen LogP contribution is -2.27. The highest BCUT2D eigenvalue weighted by Gasteiger charge is 2.25. The zero-order valence-electron chi connectivity index (χ0n) is 14.6. The number of hydrogen-bond donors (Lipinski definition) is 2. The molecule has 0 unspecified atom stereocenters. The number of hydrogen-bond acceptors (Lipinski definition) is 2. The molecule has 2 N–H and O–H groups in total. The van der Waals surface area contributed by atoms with Crippen molar-refractivity contribution in [1.29, 1.82) is 0 Å². The molecule has 0 bridgehead atoms. The predicted octanol–water partition coefficient (Wildman–Crippen LogP) is 5.67. The van der Waals surface area contributed by atoms with E-state index in [4.69, 9.17) is 4.74 Å². The number of H-pyrrole nitrogens is 1. The summed E-state index contributed by atoms with van der Waals surface area (Å²) in [6, 6.07) is 15.5. The molecule has 0 radical (unpaired) electrons. The molecule has 3 nitrogen and oxygen atoms in total. The number of aryl methyl sites for hydroxylation is 1. The molecule has 4 rings (SSSR count). The fraction of sp³-hybridized carbons (Fsp3) is 0.333. The number of rotatable bonds is 4. The highest BCUT2D eigenvalue weighted by Crippen LogP contribution is 2.37. The summed E-state index contributed by atoms with van der Waals surface area (Å²) >= 11 is 3.60. The predicted molar refractivity (Wildman–Crippen MR) is 106 cm³/mol. The van der Waals surface area contributed by atoms with Crippen molar-refractivity contribution in [3.8, 4) is 5.75 Å². The van der Waals surface area contributed by atoms with E-state index in [0.717, 1.165) is 16.6 Å². The van der Waals surface area contributed by atoms with Crippen LogP contribution in [-0.4, -0.2) is 12.1 Å². The number of aromatic amines is 1. The first-order chi connectivity index (χ1) is 12.2. The van der Waals surface area contributed by atoms with Crippen LogP contribution in [0, 0.1) is 0 Å². The minimum Gasteiger partial charge on any atom is -0.497 e. The molecule has 1 aromatic heterocycles. The third-order valence-electron chi connectivity index (χ3n) is 5.24. The third-order valence-corrected chi connectivity index (χ3v) is 5.73. The first-order valence-corrected chi connectivity index (χ1v) is 9.65. The van der Waals surface area contributed by atoms with Crippen LogP contribution in [-0.2, 0) is 6.42 Å². The smallest absolute Gasteiger partial charge is 0.118 e. The molecule has 0 aliphatic heterocycles. The Morgan fingerprint density at radius 2 is 2.00 bits per heavy atom. The average molecular weight is 399 g/mol. The van der Waals surface area contributed by atoms with Gasteiger partial charge in [-0.1, -0.05) is 28.1 Å². The maximum atomic E-state index is 5.26. The molecule has 0 fully saturated rings. The van der Waals surface area contributed by atoms with Gasteiger partial charge >= 0.3 is 0 Å². The molecule has 2 atom stereocenters. The van der Waals surface area contributed by atoms with Gasteiger partial charge in [0.05, 0.1) is 7.11 Å². The van der Waals surface area contributed by atoms with E-state index >= 15 is 0 Å². The van der Waals surface area contributed by atoms with Gasteiger partial charge < -0.3 is 15.0 Å². The number of benzene rings is 2. The van der Waals surface area contributed by atoms with Crippen LogP contribution in [0.15, 0.2) is 46.9 Å². The van der Waals surface area contributed by atoms with Crippen LogP contribution in [0.4, 0.5) is 0 Å². The Hall–Kier alpha value is -1.78. The van der Waals surface area contributed by atoms with E-state index in [9.17, 15) is 0 Å². The quantitative estimate of drug-likeness (QED) is 0.593. The van der Waals surface area contributed by atoms with Gasteiger partial charge in [0.15, 0.2) is 0 Å². The Kier molecular flexibility index (Phi) is 4.57. The van der Waals surface area contributed by atoms with Crippen LogP contribution in [0.2, 0.25) is 0 Å². The van der Waals surface area contributed by atoms with E-state index in [2.05, 4.69) is 63.5 Å². The monoisotopic (exact) mass is 398 g/mol. The second-order valence-corrected chi connectivity index (χ2v) is 7.73. The maximum Gasteiger partial charge on any atom is 0.118 e. The van der Waals surface area contributed by atoms with Gasteiger partial charge in [-0.05, 0) is 67.6 Å². The van der Waals surface area contributed by atoms with E-state index in [1.54, 1.807) is 7.11 Å². The molecule has 2 aromatic carbocycles. The third kappa shape index (κ3) is 3.21. The summed E-state index contributed by atoms with van der Waals surface area (Å²) in [5.74, 6) is 0.900. The van der Waals surface area contributed by atoms with Crippen molar-refractivity contribution in [3.05, 3.63) is 63.8 Å². The first kappa shape index (κ1) is 16.7. The molecular formula is C21H23BrN2O. The number of methoxy groups -OCH3 is 1. The Labute approximate surface area is 156 Å². The number of aromatic nitrogens is 1. The van der Waals surface area contributed by atoms with Crippen molar-refractivity contribution < 1.29 is 4.74 Å². The molecule has 0 spiro atoms. The van der Waals surface area contributed by atoms with Gasteiger partial charge in [-0.3, -0.25) is 0 Å². The zero-order chi connectivity index (χ0) is 17.4. The van der Waals surface area contributed by atoms with Gasteiger partial charge in [-0.15, -0.1) is 0 Å². The van der Waals surface area contributed by atoms with Gasteiger partial charge in [0, 0.05) is 33.2 Å². The summed E-state index contributed by atoms with van der Waals surface area (Å²) < 4.78 is 6.40. The van der Waals surface area contributed by atoms with Crippen molar-refractivity contribution in [2.24, 2.45) is 0 Å². The number of ether oxygens (including phenoxy) is 1. The van der Waals surface area contributed by atoms with E-state index in [0.29, 0.717) is 12.1 Å². The molecule has 0 saturated carbocycles. The minimum absolute atomic E-state index is 0.292. The number of halogens is 1. The minimum atomic E-state index is 0.292. The summed E-state index contributed by atoms with van der Waals surface area (Å²) in [6.45, 7) is 2.23. The van der Waals surface area contributed by atoms with Crippen molar-refractivity contribution in [2.45, 2.75) is 38.3 Å². The summed E-state index contributed by atoms with van der Waals surface area (Å²) in [5.41, 5.74) is 5.35. The Morgan fingerprint density at radius 1 is 1.20 bits per heavy atom.